The molecule has 1 aliphatic heterocycles. The van der Waals surface area contributed by atoms with Gasteiger partial charge in [-0.2, -0.15) is 26.3 Å². The Morgan fingerprint density at radius 2 is 1.57 bits per heavy atom. The lowest BCUT2D eigenvalue weighted by molar-refractivity contribution is -0.162. The molecule has 8 heteroatoms. The highest BCUT2D eigenvalue weighted by molar-refractivity contribution is 5.37. The van der Waals surface area contributed by atoms with Crippen molar-refractivity contribution >= 4 is 0 Å². The maximum absolute atomic E-state index is 12.8. The number of hydrogen-bond donors (Lipinski definition) is 1. The topological polar surface area (TPSA) is 29.3 Å². The first-order chi connectivity index (χ1) is 9.59. The molecule has 118 valence electrons. The summed E-state index contributed by atoms with van der Waals surface area (Å²) < 4.78 is 76.4. The van der Waals surface area contributed by atoms with Gasteiger partial charge in [-0.05, 0) is 37.2 Å². The molecule has 21 heavy (non-hydrogen) atoms. The highest BCUT2D eigenvalue weighted by Gasteiger charge is 2.43. The van der Waals surface area contributed by atoms with E-state index in [-0.39, 0.29) is 5.56 Å². The van der Waals surface area contributed by atoms with E-state index < -0.39 is 29.5 Å². The summed E-state index contributed by atoms with van der Waals surface area (Å²) in [5.41, 5.74) is 2.47. The summed E-state index contributed by atoms with van der Waals surface area (Å²) in [4.78, 5) is 1.94. The molecule has 2 rings (SSSR count). The van der Waals surface area contributed by atoms with Gasteiger partial charge in [-0.3, -0.25) is 0 Å². The largest absolute Gasteiger partial charge is 0.417 e. The second-order valence-electron chi connectivity index (χ2n) is 5.06. The van der Waals surface area contributed by atoms with Gasteiger partial charge >= 0.3 is 12.4 Å². The monoisotopic (exact) mass is 312 g/mol. The average Bonchev–Trinajstić information content (AvgIpc) is 2.30. The Hall–Kier alpha value is -1.28. The molecule has 1 atom stereocenters. The summed E-state index contributed by atoms with van der Waals surface area (Å²) in [6.45, 7) is 1.95. The highest BCUT2D eigenvalue weighted by atomic mass is 19.4. The number of likely N-dealkylation sites (tertiary alicyclic amines) is 1. The van der Waals surface area contributed by atoms with Crippen molar-refractivity contribution in [3.8, 4) is 0 Å². The van der Waals surface area contributed by atoms with Gasteiger partial charge in [0.1, 0.15) is 0 Å². The second kappa shape index (κ2) is 5.49. The first-order valence-electron chi connectivity index (χ1n) is 6.35. The molecule has 0 bridgehead atoms. The van der Waals surface area contributed by atoms with Crippen molar-refractivity contribution in [3.05, 3.63) is 34.9 Å². The van der Waals surface area contributed by atoms with E-state index >= 15 is 0 Å². The second-order valence-corrected chi connectivity index (χ2v) is 5.06. The zero-order valence-corrected chi connectivity index (χ0v) is 10.9. The van der Waals surface area contributed by atoms with Crippen molar-refractivity contribution in [1.29, 1.82) is 0 Å². The number of rotatable bonds is 3. The van der Waals surface area contributed by atoms with Crippen LogP contribution in [0.1, 0.15) is 29.2 Å². The number of halogens is 6. The van der Waals surface area contributed by atoms with E-state index in [0.29, 0.717) is 18.7 Å². The number of hydrogen-bond acceptors (Lipinski definition) is 2. The van der Waals surface area contributed by atoms with Gasteiger partial charge in [0.15, 0.2) is 0 Å². The van der Waals surface area contributed by atoms with E-state index in [1.54, 1.807) is 0 Å². The van der Waals surface area contributed by atoms with E-state index in [4.69, 9.17) is 5.73 Å². The lowest BCUT2D eigenvalue weighted by Gasteiger charge is -2.33. The zero-order valence-electron chi connectivity index (χ0n) is 10.9. The van der Waals surface area contributed by atoms with Crippen LogP contribution in [-0.2, 0) is 12.4 Å². The van der Waals surface area contributed by atoms with Crippen LogP contribution in [0, 0.1) is 0 Å². The summed E-state index contributed by atoms with van der Waals surface area (Å²) >= 11 is 0. The van der Waals surface area contributed by atoms with Crippen molar-refractivity contribution in [2.24, 2.45) is 5.73 Å². The van der Waals surface area contributed by atoms with Gasteiger partial charge in [0, 0.05) is 12.6 Å². The van der Waals surface area contributed by atoms with Crippen molar-refractivity contribution in [2.45, 2.75) is 24.8 Å². The third-order valence-corrected chi connectivity index (χ3v) is 3.49. The quantitative estimate of drug-likeness (QED) is 0.867. The molecular weight excluding hydrogens is 298 g/mol. The van der Waals surface area contributed by atoms with Gasteiger partial charge in [-0.1, -0.05) is 6.07 Å². The Kier molecular flexibility index (Phi) is 4.21. The van der Waals surface area contributed by atoms with Crippen LogP contribution in [0.2, 0.25) is 0 Å². The Balaban J connectivity index is 2.32. The van der Waals surface area contributed by atoms with Crippen LogP contribution in [-0.4, -0.2) is 24.5 Å². The Morgan fingerprint density at radius 1 is 1.00 bits per heavy atom. The number of alkyl halides is 6. The first-order valence-corrected chi connectivity index (χ1v) is 6.35. The molecule has 0 amide bonds. The molecule has 0 unspecified atom stereocenters. The molecule has 1 aromatic carbocycles. The van der Waals surface area contributed by atoms with Gasteiger partial charge in [-0.15, -0.1) is 0 Å². The minimum Gasteiger partial charge on any atom is -0.323 e. The smallest absolute Gasteiger partial charge is 0.323 e. The van der Waals surface area contributed by atoms with E-state index in [1.165, 1.54) is 0 Å². The van der Waals surface area contributed by atoms with Gasteiger partial charge in [0.05, 0.1) is 11.1 Å². The fraction of sp³-hybridized carbons (Fsp3) is 0.538. The molecule has 1 fully saturated rings. The molecule has 1 saturated heterocycles. The SMILES string of the molecule is N[C@H](CN1CCC1)c1ccc(C(F)(F)F)c(C(F)(F)F)c1. The van der Waals surface area contributed by atoms with Gasteiger partial charge in [0.25, 0.3) is 0 Å². The minimum atomic E-state index is -5.07. The Morgan fingerprint density at radius 3 is 2.00 bits per heavy atom. The first kappa shape index (κ1) is 16.1. The number of benzene rings is 1. The standard InChI is InChI=1S/C13H14F6N2/c14-12(15,16)9-3-2-8(6-10(9)13(17,18)19)11(20)7-21-4-1-5-21/h2-3,6,11H,1,4-5,7,20H2/t11-/m1/s1. The van der Waals surface area contributed by atoms with Crippen LogP contribution in [0.4, 0.5) is 26.3 Å². The van der Waals surface area contributed by atoms with Gasteiger partial charge in [0.2, 0.25) is 0 Å². The maximum Gasteiger partial charge on any atom is 0.417 e. The average molecular weight is 312 g/mol. The van der Waals surface area contributed by atoms with Gasteiger partial charge in [-0.25, -0.2) is 0 Å². The summed E-state index contributed by atoms with van der Waals surface area (Å²) in [5, 5.41) is 0. The molecule has 0 saturated carbocycles. The predicted molar refractivity (Wildman–Crippen MR) is 64.4 cm³/mol. The normalized spacial score (nSPS) is 18.4. The van der Waals surface area contributed by atoms with E-state index in [2.05, 4.69) is 0 Å². The maximum atomic E-state index is 12.8. The lowest BCUT2D eigenvalue weighted by atomic mass is 9.98. The van der Waals surface area contributed by atoms with E-state index in [9.17, 15) is 26.3 Å². The molecule has 2 nitrogen and oxygen atoms in total. The van der Waals surface area contributed by atoms with E-state index in [0.717, 1.165) is 25.6 Å². The molecular formula is C13H14F6N2. The molecule has 1 aromatic rings. The summed E-state index contributed by atoms with van der Waals surface area (Å²) in [6.07, 6.45) is -9.13. The van der Waals surface area contributed by atoms with Crippen LogP contribution < -0.4 is 5.73 Å². The fourth-order valence-electron chi connectivity index (χ4n) is 2.22. The van der Waals surface area contributed by atoms with Crippen molar-refractivity contribution in [3.63, 3.8) is 0 Å². The Bertz CT molecular complexity index is 504. The number of nitrogens with zero attached hydrogens (tertiary/aromatic N) is 1. The Labute approximate surface area is 117 Å². The zero-order chi connectivity index (χ0) is 15.8. The van der Waals surface area contributed by atoms with Crippen LogP contribution in [0.25, 0.3) is 0 Å². The van der Waals surface area contributed by atoms with Crippen LogP contribution in [0.3, 0.4) is 0 Å². The van der Waals surface area contributed by atoms with E-state index in [1.807, 2.05) is 4.90 Å². The predicted octanol–water partition coefficient (Wildman–Crippen LogP) is 3.43. The molecule has 0 radical (unpaired) electrons. The van der Waals surface area contributed by atoms with Crippen molar-refractivity contribution in [1.82, 2.24) is 4.90 Å². The number of nitrogens with two attached hydrogens (primary N) is 1. The molecule has 1 heterocycles. The molecule has 1 aliphatic rings. The third-order valence-electron chi connectivity index (χ3n) is 3.49. The summed E-state index contributed by atoms with van der Waals surface area (Å²) in [6, 6.07) is 1.23. The van der Waals surface area contributed by atoms with Crippen LogP contribution in [0.5, 0.6) is 0 Å². The molecule has 0 aliphatic carbocycles. The molecule has 0 spiro atoms. The summed E-state index contributed by atoms with van der Waals surface area (Å²) in [5.74, 6) is 0. The molecule has 2 N–H and O–H groups in total. The van der Waals surface area contributed by atoms with Crippen LogP contribution in [0.15, 0.2) is 18.2 Å². The minimum absolute atomic E-state index is 0.0576. The highest BCUT2D eigenvalue weighted by Crippen LogP contribution is 2.41. The van der Waals surface area contributed by atoms with Crippen molar-refractivity contribution in [2.75, 3.05) is 19.6 Å². The summed E-state index contributed by atoms with van der Waals surface area (Å²) in [7, 11) is 0. The van der Waals surface area contributed by atoms with Crippen LogP contribution >= 0.6 is 0 Å². The van der Waals surface area contributed by atoms with Crippen molar-refractivity contribution < 1.29 is 26.3 Å². The lowest BCUT2D eigenvalue weighted by Crippen LogP contribution is -2.41. The fourth-order valence-corrected chi connectivity index (χ4v) is 2.22. The van der Waals surface area contributed by atoms with Gasteiger partial charge < -0.3 is 10.6 Å². The molecule has 0 aromatic heterocycles. The third kappa shape index (κ3) is 3.68.